The first-order valence-corrected chi connectivity index (χ1v) is 9.27. The number of amidine groups is 1. The van der Waals surface area contributed by atoms with Crippen molar-refractivity contribution in [3.8, 4) is 0 Å². The van der Waals surface area contributed by atoms with Gasteiger partial charge in [0.2, 0.25) is 0 Å². The van der Waals surface area contributed by atoms with Crippen LogP contribution in [0.5, 0.6) is 0 Å². The Bertz CT molecular complexity index is 844. The smallest absolute Gasteiger partial charge is 0.271 e. The molecule has 0 aromatic heterocycles. The Morgan fingerprint density at radius 1 is 1.00 bits per heavy atom. The standard InChI is InChI=1S/C22H27N2O.BrH/c1-16-10-12-19(13-11-16)22(25)15-23(21-9-4-5-14-24(21)22)20-8-6-7-17(2)18(20)3;/h6-8,10-13,25H,4-5,9,14-15H2,1-3H3;1H/q+1;/p-1. The van der Waals surface area contributed by atoms with Gasteiger partial charge in [-0.2, -0.15) is 0 Å². The fourth-order valence-electron chi connectivity index (χ4n) is 4.21. The largest absolute Gasteiger partial charge is 1.00 e. The van der Waals surface area contributed by atoms with E-state index in [1.54, 1.807) is 0 Å². The molecule has 0 radical (unpaired) electrons. The van der Waals surface area contributed by atoms with Gasteiger partial charge in [-0.1, -0.05) is 42.0 Å². The zero-order valence-electron chi connectivity index (χ0n) is 15.8. The summed E-state index contributed by atoms with van der Waals surface area (Å²) in [4.78, 5) is 2.35. The second-order valence-electron chi connectivity index (χ2n) is 7.51. The van der Waals surface area contributed by atoms with Crippen LogP contribution >= 0.6 is 0 Å². The molecule has 0 saturated carbocycles. The summed E-state index contributed by atoms with van der Waals surface area (Å²) in [5.74, 6) is 1.27. The predicted octanol–water partition coefficient (Wildman–Crippen LogP) is 0.876. The van der Waals surface area contributed by atoms with Crippen LogP contribution in [0.25, 0.3) is 0 Å². The number of hydrogen-bond donors (Lipinski definition) is 1. The average Bonchev–Trinajstić information content (AvgIpc) is 2.92. The first-order chi connectivity index (χ1) is 12.0. The van der Waals surface area contributed by atoms with Gasteiger partial charge in [0, 0.05) is 12.0 Å². The summed E-state index contributed by atoms with van der Waals surface area (Å²) in [5, 5.41) is 11.7. The average molecular weight is 415 g/mol. The van der Waals surface area contributed by atoms with E-state index < -0.39 is 5.72 Å². The van der Waals surface area contributed by atoms with E-state index in [1.165, 1.54) is 34.6 Å². The van der Waals surface area contributed by atoms with E-state index in [0.29, 0.717) is 6.54 Å². The van der Waals surface area contributed by atoms with Gasteiger partial charge in [-0.05, 0) is 50.8 Å². The van der Waals surface area contributed by atoms with E-state index in [4.69, 9.17) is 0 Å². The van der Waals surface area contributed by atoms with Crippen molar-refractivity contribution >= 4 is 11.5 Å². The van der Waals surface area contributed by atoms with E-state index in [0.717, 1.165) is 24.9 Å². The molecule has 0 bridgehead atoms. The van der Waals surface area contributed by atoms with Gasteiger partial charge in [0.1, 0.15) is 5.69 Å². The lowest BCUT2D eigenvalue weighted by molar-refractivity contribution is -0.661. The molecule has 26 heavy (non-hydrogen) atoms. The lowest BCUT2D eigenvalue weighted by Gasteiger charge is -2.24. The first kappa shape index (κ1) is 19.1. The predicted molar refractivity (Wildman–Crippen MR) is 102 cm³/mol. The fourth-order valence-corrected chi connectivity index (χ4v) is 4.21. The summed E-state index contributed by atoms with van der Waals surface area (Å²) in [6.07, 6.45) is 3.36. The molecule has 1 atom stereocenters. The van der Waals surface area contributed by atoms with Gasteiger partial charge in [0.05, 0.1) is 6.54 Å². The van der Waals surface area contributed by atoms with Gasteiger partial charge in [-0.15, -0.1) is 0 Å². The maximum Gasteiger partial charge on any atom is 0.271 e. The molecule has 2 aliphatic heterocycles. The van der Waals surface area contributed by atoms with E-state index in [2.05, 4.69) is 72.7 Å². The van der Waals surface area contributed by atoms with Crippen LogP contribution in [0.4, 0.5) is 5.69 Å². The third kappa shape index (κ3) is 2.99. The Morgan fingerprint density at radius 3 is 2.46 bits per heavy atom. The number of rotatable bonds is 2. The minimum absolute atomic E-state index is 0. The molecule has 2 aromatic rings. The molecule has 1 N–H and O–H groups in total. The van der Waals surface area contributed by atoms with Crippen LogP contribution < -0.4 is 21.9 Å². The SMILES string of the molecule is Cc1ccc(C2(O)CN(c3cccc(C)c3C)C3=[N+]2CCCC3)cc1.[Br-]. The highest BCUT2D eigenvalue weighted by Crippen LogP contribution is 2.37. The third-order valence-corrected chi connectivity index (χ3v) is 5.86. The van der Waals surface area contributed by atoms with E-state index in [9.17, 15) is 5.11 Å². The topological polar surface area (TPSA) is 26.5 Å². The van der Waals surface area contributed by atoms with Gasteiger partial charge in [0.15, 0.2) is 6.54 Å². The number of halogens is 1. The third-order valence-electron chi connectivity index (χ3n) is 5.86. The van der Waals surface area contributed by atoms with Gasteiger partial charge in [-0.3, -0.25) is 0 Å². The number of hydrogen-bond acceptors (Lipinski definition) is 2. The van der Waals surface area contributed by atoms with Crippen molar-refractivity contribution in [2.45, 2.75) is 45.8 Å². The number of aliphatic hydroxyl groups is 1. The first-order valence-electron chi connectivity index (χ1n) is 9.27. The maximum absolute atomic E-state index is 11.7. The van der Waals surface area contributed by atoms with Crippen LogP contribution in [-0.2, 0) is 5.72 Å². The Balaban J connectivity index is 0.00000196. The highest BCUT2D eigenvalue weighted by Gasteiger charge is 2.52. The lowest BCUT2D eigenvalue weighted by Crippen LogP contribution is -3.00. The Morgan fingerprint density at radius 2 is 1.73 bits per heavy atom. The van der Waals surface area contributed by atoms with Crippen molar-refractivity contribution in [1.29, 1.82) is 0 Å². The molecule has 4 rings (SSSR count). The van der Waals surface area contributed by atoms with Gasteiger partial charge >= 0.3 is 0 Å². The molecule has 3 nitrogen and oxygen atoms in total. The number of aryl methyl sites for hydroxylation is 2. The van der Waals surface area contributed by atoms with Gasteiger partial charge < -0.3 is 22.1 Å². The summed E-state index contributed by atoms with van der Waals surface area (Å²) < 4.78 is 2.24. The van der Waals surface area contributed by atoms with Crippen LogP contribution in [0.1, 0.15) is 41.5 Å². The van der Waals surface area contributed by atoms with Crippen molar-refractivity contribution in [1.82, 2.24) is 0 Å². The fraction of sp³-hybridized carbons (Fsp3) is 0.409. The maximum atomic E-state index is 11.7. The molecule has 4 heteroatoms. The molecule has 138 valence electrons. The Hall–Kier alpha value is -1.65. The number of benzene rings is 2. The monoisotopic (exact) mass is 414 g/mol. The second kappa shape index (κ2) is 7.16. The summed E-state index contributed by atoms with van der Waals surface area (Å²) in [6, 6.07) is 14.8. The molecule has 2 aliphatic rings. The Labute approximate surface area is 166 Å². The van der Waals surface area contributed by atoms with Crippen molar-refractivity contribution in [3.63, 3.8) is 0 Å². The summed E-state index contributed by atoms with van der Waals surface area (Å²) in [5.41, 5.74) is 5.09. The Kier molecular flexibility index (Phi) is 5.27. The normalized spacial score (nSPS) is 22.2. The molecule has 0 fully saturated rings. The summed E-state index contributed by atoms with van der Waals surface area (Å²) >= 11 is 0. The minimum Gasteiger partial charge on any atom is -1.00 e. The van der Waals surface area contributed by atoms with Crippen molar-refractivity contribution < 1.29 is 26.7 Å². The zero-order valence-corrected chi connectivity index (χ0v) is 17.4. The van der Waals surface area contributed by atoms with Crippen LogP contribution in [0.15, 0.2) is 42.5 Å². The molecule has 0 aliphatic carbocycles. The molecule has 0 spiro atoms. The number of β-amino-alcohol motifs (C(OH)–C–C–N with tert-alkyl or cyclic N) is 1. The van der Waals surface area contributed by atoms with Gasteiger partial charge in [-0.25, -0.2) is 9.48 Å². The van der Waals surface area contributed by atoms with E-state index in [-0.39, 0.29) is 17.0 Å². The molecule has 1 unspecified atom stereocenters. The second-order valence-corrected chi connectivity index (χ2v) is 7.51. The quantitative estimate of drug-likeness (QED) is 0.738. The molecule has 0 amide bonds. The molecular formula is C22H27BrN2O. The van der Waals surface area contributed by atoms with Crippen molar-refractivity contribution in [2.24, 2.45) is 0 Å². The van der Waals surface area contributed by atoms with Crippen LogP contribution in [0, 0.1) is 20.8 Å². The van der Waals surface area contributed by atoms with Gasteiger partial charge in [0.25, 0.3) is 11.6 Å². The highest BCUT2D eigenvalue weighted by atomic mass is 79.9. The van der Waals surface area contributed by atoms with Crippen molar-refractivity contribution in [2.75, 3.05) is 18.0 Å². The summed E-state index contributed by atoms with van der Waals surface area (Å²) in [6.45, 7) is 7.94. The van der Waals surface area contributed by atoms with Crippen LogP contribution in [0.2, 0.25) is 0 Å². The molecule has 2 heterocycles. The number of nitrogens with zero attached hydrogens (tertiary/aromatic N) is 2. The minimum atomic E-state index is -0.945. The zero-order chi connectivity index (χ0) is 17.6. The van der Waals surface area contributed by atoms with E-state index in [1.807, 2.05) is 0 Å². The summed E-state index contributed by atoms with van der Waals surface area (Å²) in [7, 11) is 0. The molecule has 0 saturated heterocycles. The van der Waals surface area contributed by atoms with Crippen molar-refractivity contribution in [3.05, 3.63) is 64.7 Å². The van der Waals surface area contributed by atoms with Crippen LogP contribution in [-0.4, -0.2) is 28.6 Å². The lowest BCUT2D eigenvalue weighted by atomic mass is 10.00. The van der Waals surface area contributed by atoms with Crippen LogP contribution in [0.3, 0.4) is 0 Å². The van der Waals surface area contributed by atoms with E-state index >= 15 is 0 Å². The highest BCUT2D eigenvalue weighted by molar-refractivity contribution is 5.96. The molecular weight excluding hydrogens is 388 g/mol. The number of anilines is 1. The molecule has 2 aromatic carbocycles.